The van der Waals surface area contributed by atoms with Crippen molar-refractivity contribution in [1.29, 1.82) is 0 Å². The molecule has 30 heavy (non-hydrogen) atoms. The van der Waals surface area contributed by atoms with Gasteiger partial charge in [0, 0.05) is 25.6 Å². The van der Waals surface area contributed by atoms with Gasteiger partial charge in [-0.1, -0.05) is 79.7 Å². The van der Waals surface area contributed by atoms with E-state index in [4.69, 9.17) is 4.74 Å². The topological polar surface area (TPSA) is 12.5 Å². The zero-order chi connectivity index (χ0) is 20.8. The van der Waals surface area contributed by atoms with Crippen LogP contribution in [0.3, 0.4) is 0 Å². The molecule has 1 atom stereocenters. The molecule has 4 rings (SSSR count). The van der Waals surface area contributed by atoms with Gasteiger partial charge in [-0.15, -0.1) is 0 Å². The van der Waals surface area contributed by atoms with Gasteiger partial charge in [0.2, 0.25) is 0 Å². The zero-order valence-electron chi connectivity index (χ0n) is 18.1. The highest BCUT2D eigenvalue weighted by Gasteiger charge is 2.17. The maximum absolute atomic E-state index is 6.01. The van der Waals surface area contributed by atoms with Crippen LogP contribution in [-0.2, 0) is 26.2 Å². The molecule has 0 saturated carbocycles. The first-order valence-electron chi connectivity index (χ1n) is 11.0. The van der Waals surface area contributed by atoms with E-state index in [2.05, 4.69) is 104 Å². The fourth-order valence-electron chi connectivity index (χ4n) is 4.21. The molecule has 0 aromatic heterocycles. The lowest BCUT2D eigenvalue weighted by Gasteiger charge is -2.15. The Hall–Kier alpha value is -2.84. The van der Waals surface area contributed by atoms with Crippen LogP contribution in [0.1, 0.15) is 54.0 Å². The number of benzene rings is 3. The minimum atomic E-state index is 0.486. The number of rotatable bonds is 8. The predicted octanol–water partition coefficient (Wildman–Crippen LogP) is 6.85. The molecule has 3 aromatic carbocycles. The van der Waals surface area contributed by atoms with Gasteiger partial charge in [0.25, 0.3) is 0 Å². The van der Waals surface area contributed by atoms with E-state index in [-0.39, 0.29) is 0 Å². The van der Waals surface area contributed by atoms with E-state index in [0.717, 1.165) is 31.8 Å². The average Bonchev–Trinajstić information content (AvgIpc) is 3.20. The van der Waals surface area contributed by atoms with Crippen molar-refractivity contribution in [1.82, 2.24) is 4.90 Å². The van der Waals surface area contributed by atoms with Crippen LogP contribution in [0.2, 0.25) is 0 Å². The molecule has 1 heterocycles. The molecule has 2 heteroatoms. The second kappa shape index (κ2) is 9.77. The Kier molecular flexibility index (Phi) is 6.66. The average molecular weight is 398 g/mol. The van der Waals surface area contributed by atoms with Gasteiger partial charge in [0.15, 0.2) is 0 Å². The lowest BCUT2D eigenvalue weighted by atomic mass is 9.96. The highest BCUT2D eigenvalue weighted by Crippen LogP contribution is 2.25. The summed E-state index contributed by atoms with van der Waals surface area (Å²) in [5, 5.41) is 0. The third-order valence-electron chi connectivity index (χ3n) is 5.91. The molecule has 0 saturated heterocycles. The molecule has 0 bridgehead atoms. The van der Waals surface area contributed by atoms with E-state index in [1.807, 2.05) is 0 Å². The van der Waals surface area contributed by atoms with Crippen molar-refractivity contribution in [3.63, 3.8) is 0 Å². The standard InChI is InChI=1S/C28H31NO/c1-3-7-24(4-2)25-14-16-28(17-15-25)30-21-23-12-10-22(11-13-23)18-29-19-26-8-5-6-9-27(26)20-29/h3,5-17,24H,4,18-21H2,1-2H3. The Morgan fingerprint density at radius 2 is 1.50 bits per heavy atom. The third-order valence-corrected chi connectivity index (χ3v) is 5.91. The smallest absolute Gasteiger partial charge is 0.119 e. The molecule has 0 amide bonds. The summed E-state index contributed by atoms with van der Waals surface area (Å²) >= 11 is 0. The summed E-state index contributed by atoms with van der Waals surface area (Å²) in [5.74, 6) is 1.41. The molecular formula is C28H31NO. The third kappa shape index (κ3) is 5.01. The molecule has 154 valence electrons. The molecule has 0 aliphatic carbocycles. The predicted molar refractivity (Wildman–Crippen MR) is 124 cm³/mol. The summed E-state index contributed by atoms with van der Waals surface area (Å²) in [7, 11) is 0. The van der Waals surface area contributed by atoms with Crippen LogP contribution in [0.25, 0.3) is 0 Å². The summed E-state index contributed by atoms with van der Waals surface area (Å²) < 4.78 is 6.01. The summed E-state index contributed by atoms with van der Waals surface area (Å²) in [6.45, 7) is 7.98. The Bertz CT molecular complexity index is 947. The molecule has 0 radical (unpaired) electrons. The van der Waals surface area contributed by atoms with Crippen LogP contribution in [0.15, 0.2) is 84.9 Å². The van der Waals surface area contributed by atoms with Crippen molar-refractivity contribution in [3.8, 4) is 5.75 Å². The highest BCUT2D eigenvalue weighted by atomic mass is 16.5. The molecule has 2 nitrogen and oxygen atoms in total. The number of nitrogens with zero attached hydrogens (tertiary/aromatic N) is 1. The minimum absolute atomic E-state index is 0.486. The van der Waals surface area contributed by atoms with Crippen LogP contribution >= 0.6 is 0 Å². The van der Waals surface area contributed by atoms with E-state index in [0.29, 0.717) is 12.5 Å². The number of hydrogen-bond acceptors (Lipinski definition) is 2. The van der Waals surface area contributed by atoms with Crippen molar-refractivity contribution in [2.75, 3.05) is 0 Å². The van der Waals surface area contributed by atoms with Gasteiger partial charge in [0.05, 0.1) is 0 Å². The van der Waals surface area contributed by atoms with Gasteiger partial charge in [0.1, 0.15) is 12.4 Å². The fourth-order valence-corrected chi connectivity index (χ4v) is 4.21. The Labute approximate surface area is 180 Å². The van der Waals surface area contributed by atoms with Gasteiger partial charge in [-0.2, -0.15) is 0 Å². The number of ether oxygens (including phenoxy) is 1. The van der Waals surface area contributed by atoms with Gasteiger partial charge >= 0.3 is 0 Å². The molecule has 3 aromatic rings. The lowest BCUT2D eigenvalue weighted by Crippen LogP contribution is -2.15. The van der Waals surface area contributed by atoms with Crippen LogP contribution in [-0.4, -0.2) is 4.90 Å². The SMILES string of the molecule is CC=CC(CC)c1ccc(OCc2ccc(CN3Cc4ccccc4C3)cc2)cc1. The first-order valence-corrected chi connectivity index (χ1v) is 11.0. The Morgan fingerprint density at radius 1 is 0.867 bits per heavy atom. The van der Waals surface area contributed by atoms with Crippen LogP contribution < -0.4 is 4.74 Å². The van der Waals surface area contributed by atoms with Gasteiger partial charge in [-0.3, -0.25) is 4.90 Å². The van der Waals surface area contributed by atoms with Crippen LogP contribution in [0, 0.1) is 0 Å². The molecule has 0 N–H and O–H groups in total. The monoisotopic (exact) mass is 397 g/mol. The second-order valence-corrected chi connectivity index (χ2v) is 8.13. The Balaban J connectivity index is 1.29. The van der Waals surface area contributed by atoms with E-state index >= 15 is 0 Å². The zero-order valence-corrected chi connectivity index (χ0v) is 18.1. The maximum atomic E-state index is 6.01. The number of hydrogen-bond donors (Lipinski definition) is 0. The fraction of sp³-hybridized carbons (Fsp3) is 0.286. The van der Waals surface area contributed by atoms with Gasteiger partial charge < -0.3 is 4.74 Å². The highest BCUT2D eigenvalue weighted by molar-refractivity contribution is 5.33. The second-order valence-electron chi connectivity index (χ2n) is 8.13. The first kappa shape index (κ1) is 20.4. The van der Waals surface area contributed by atoms with Crippen molar-refractivity contribution >= 4 is 0 Å². The molecule has 1 aliphatic heterocycles. The molecule has 1 unspecified atom stereocenters. The quantitative estimate of drug-likeness (QED) is 0.385. The van der Waals surface area contributed by atoms with Crippen LogP contribution in [0.4, 0.5) is 0 Å². The van der Waals surface area contributed by atoms with Crippen molar-refractivity contribution in [2.45, 2.75) is 52.4 Å². The largest absolute Gasteiger partial charge is 0.489 e. The maximum Gasteiger partial charge on any atom is 0.119 e. The van der Waals surface area contributed by atoms with Crippen molar-refractivity contribution in [2.24, 2.45) is 0 Å². The summed E-state index contributed by atoms with van der Waals surface area (Å²) in [6.07, 6.45) is 5.50. The summed E-state index contributed by atoms with van der Waals surface area (Å²) in [4.78, 5) is 2.50. The molecule has 0 fully saturated rings. The van der Waals surface area contributed by atoms with Crippen molar-refractivity contribution < 1.29 is 4.74 Å². The number of allylic oxidation sites excluding steroid dienone is 2. The molecular weight excluding hydrogens is 366 g/mol. The van der Waals surface area contributed by atoms with E-state index in [1.54, 1.807) is 0 Å². The van der Waals surface area contributed by atoms with Gasteiger partial charge in [-0.05, 0) is 53.3 Å². The van der Waals surface area contributed by atoms with Crippen molar-refractivity contribution in [3.05, 3.63) is 113 Å². The molecule has 1 aliphatic rings. The summed E-state index contributed by atoms with van der Waals surface area (Å²) in [6, 6.07) is 26.1. The Morgan fingerprint density at radius 3 is 2.10 bits per heavy atom. The van der Waals surface area contributed by atoms with Crippen LogP contribution in [0.5, 0.6) is 5.75 Å². The van der Waals surface area contributed by atoms with E-state index in [1.165, 1.54) is 27.8 Å². The van der Waals surface area contributed by atoms with E-state index in [9.17, 15) is 0 Å². The summed E-state index contributed by atoms with van der Waals surface area (Å²) in [5.41, 5.74) is 6.82. The minimum Gasteiger partial charge on any atom is -0.489 e. The lowest BCUT2D eigenvalue weighted by molar-refractivity contribution is 0.275. The molecule has 0 spiro atoms. The normalized spacial score (nSPS) is 14.7. The number of fused-ring (bicyclic) bond motifs is 1. The van der Waals surface area contributed by atoms with Gasteiger partial charge in [-0.25, -0.2) is 0 Å². The first-order chi connectivity index (χ1) is 14.7. The van der Waals surface area contributed by atoms with E-state index < -0.39 is 0 Å².